The van der Waals surface area contributed by atoms with E-state index in [1.54, 1.807) is 12.2 Å². The van der Waals surface area contributed by atoms with Gasteiger partial charge in [-0.05, 0) is 43.5 Å². The van der Waals surface area contributed by atoms with Crippen molar-refractivity contribution < 1.29 is 18.9 Å². The van der Waals surface area contributed by atoms with Crippen molar-refractivity contribution in [1.82, 2.24) is 5.32 Å². The van der Waals surface area contributed by atoms with Gasteiger partial charge in [-0.3, -0.25) is 4.79 Å². The molecule has 2 aromatic rings. The minimum Gasteiger partial charge on any atom is -0.351 e. The third-order valence-electron chi connectivity index (χ3n) is 4.09. The van der Waals surface area contributed by atoms with Gasteiger partial charge in [-0.25, -0.2) is 8.78 Å². The normalized spacial score (nSPS) is 12.0. The first-order valence-corrected chi connectivity index (χ1v) is 8.07. The molecule has 2 aromatic carbocycles. The number of aryl methyl sites for hydroxylation is 1. The number of halogens is 2. The summed E-state index contributed by atoms with van der Waals surface area (Å²) in [5.74, 6) is -1.28. The molecule has 0 spiro atoms. The molecule has 5 heteroatoms. The molecular weight excluding hydrogens is 310 g/mol. The number of carbonyl (C=O) groups is 1. The van der Waals surface area contributed by atoms with Crippen LogP contribution in [0.25, 0.3) is 0 Å². The molecule has 128 valence electrons. The van der Waals surface area contributed by atoms with E-state index < -0.39 is 11.6 Å². The van der Waals surface area contributed by atoms with Crippen LogP contribution in [-0.4, -0.2) is 19.0 Å². The summed E-state index contributed by atoms with van der Waals surface area (Å²) in [6.45, 7) is 4.60. The summed E-state index contributed by atoms with van der Waals surface area (Å²) < 4.78 is 26.6. The second kappa shape index (κ2) is 8.55. The van der Waals surface area contributed by atoms with E-state index in [1.807, 2.05) is 31.2 Å². The number of rotatable bonds is 7. The van der Waals surface area contributed by atoms with Gasteiger partial charge < -0.3 is 10.6 Å². The number of quaternary nitrogens is 1. The maximum absolute atomic E-state index is 13.7. The zero-order chi connectivity index (χ0) is 17.5. The Bertz CT molecular complexity index is 704. The van der Waals surface area contributed by atoms with Crippen LogP contribution in [0, 0.1) is 18.6 Å². The van der Waals surface area contributed by atoms with Crippen molar-refractivity contribution in [3.05, 3.63) is 70.8 Å². The maximum Gasteiger partial charge on any atom is 0.275 e. The molecule has 0 aliphatic rings. The van der Waals surface area contributed by atoms with E-state index in [2.05, 4.69) is 5.32 Å². The summed E-state index contributed by atoms with van der Waals surface area (Å²) in [6, 6.07) is 11.3. The maximum atomic E-state index is 13.7. The summed E-state index contributed by atoms with van der Waals surface area (Å²) in [5, 5.41) is 4.60. The molecule has 0 unspecified atom stereocenters. The largest absolute Gasteiger partial charge is 0.351 e. The molecule has 24 heavy (non-hydrogen) atoms. The monoisotopic (exact) mass is 333 g/mol. The highest BCUT2D eigenvalue weighted by atomic mass is 19.1. The van der Waals surface area contributed by atoms with E-state index in [1.165, 1.54) is 23.3 Å². The van der Waals surface area contributed by atoms with Crippen molar-refractivity contribution >= 4 is 5.91 Å². The fraction of sp³-hybridized carbons (Fsp3) is 0.316. The second-order valence-corrected chi connectivity index (χ2v) is 5.92. The van der Waals surface area contributed by atoms with Crippen LogP contribution >= 0.6 is 0 Å². The van der Waals surface area contributed by atoms with E-state index in [0.717, 1.165) is 12.5 Å². The van der Waals surface area contributed by atoms with E-state index in [9.17, 15) is 13.6 Å². The van der Waals surface area contributed by atoms with E-state index >= 15 is 0 Å². The molecule has 0 fully saturated rings. The number of benzene rings is 2. The van der Waals surface area contributed by atoms with Crippen molar-refractivity contribution in [1.29, 1.82) is 0 Å². The quantitative estimate of drug-likeness (QED) is 0.802. The highest BCUT2D eigenvalue weighted by molar-refractivity contribution is 5.76. The number of hydrogen-bond donors (Lipinski definition) is 2. The molecule has 0 aromatic heterocycles. The third kappa shape index (κ3) is 5.13. The molecule has 0 bridgehead atoms. The number of nitrogens with two attached hydrogens (primary N) is 1. The van der Waals surface area contributed by atoms with Crippen LogP contribution in [0.5, 0.6) is 0 Å². The number of nitrogens with one attached hydrogen (secondary N) is 1. The van der Waals surface area contributed by atoms with E-state index in [0.29, 0.717) is 12.1 Å². The molecule has 0 radical (unpaired) electrons. The van der Waals surface area contributed by atoms with Crippen molar-refractivity contribution in [2.75, 3.05) is 13.1 Å². The predicted molar refractivity (Wildman–Crippen MR) is 89.5 cm³/mol. The highest BCUT2D eigenvalue weighted by Gasteiger charge is 2.15. The van der Waals surface area contributed by atoms with Crippen LogP contribution < -0.4 is 10.6 Å². The standard InChI is InChI=1S/C19H22F2N2O/c1-13-5-3-4-6-15(13)9-10-22-19(24)12-23-14(2)17-8-7-16(20)11-18(17)21/h3-8,11,14,23H,9-10,12H2,1-2H3,(H,22,24)/p+1/t14-/m1/s1. The van der Waals surface area contributed by atoms with E-state index in [4.69, 9.17) is 0 Å². The van der Waals surface area contributed by atoms with Gasteiger partial charge in [0.1, 0.15) is 17.7 Å². The zero-order valence-corrected chi connectivity index (χ0v) is 14.0. The first kappa shape index (κ1) is 18.1. The topological polar surface area (TPSA) is 45.7 Å². The Morgan fingerprint density at radius 3 is 2.67 bits per heavy atom. The smallest absolute Gasteiger partial charge is 0.275 e. The van der Waals surface area contributed by atoms with Gasteiger partial charge in [-0.2, -0.15) is 0 Å². The molecule has 0 saturated carbocycles. The molecule has 0 aliphatic carbocycles. The molecule has 0 aliphatic heterocycles. The molecule has 1 amide bonds. The van der Waals surface area contributed by atoms with Gasteiger partial charge in [0.05, 0.1) is 0 Å². The van der Waals surface area contributed by atoms with Crippen molar-refractivity contribution in [2.24, 2.45) is 0 Å². The van der Waals surface area contributed by atoms with E-state index in [-0.39, 0.29) is 18.5 Å². The van der Waals surface area contributed by atoms with Crippen LogP contribution in [-0.2, 0) is 11.2 Å². The number of hydrogen-bond acceptors (Lipinski definition) is 1. The highest BCUT2D eigenvalue weighted by Crippen LogP contribution is 2.14. The Balaban J connectivity index is 1.75. The molecule has 2 rings (SSSR count). The molecular formula is C19H23F2N2O+. The first-order valence-electron chi connectivity index (χ1n) is 8.07. The average molecular weight is 333 g/mol. The Labute approximate surface area is 141 Å². The Morgan fingerprint density at radius 1 is 1.21 bits per heavy atom. The fourth-order valence-electron chi connectivity index (χ4n) is 2.58. The number of carbonyl (C=O) groups excluding carboxylic acids is 1. The summed E-state index contributed by atoms with van der Waals surface area (Å²) in [5.41, 5.74) is 2.81. The third-order valence-corrected chi connectivity index (χ3v) is 4.09. The van der Waals surface area contributed by atoms with Gasteiger partial charge in [0.25, 0.3) is 5.91 Å². The molecule has 0 heterocycles. The number of amides is 1. The molecule has 3 nitrogen and oxygen atoms in total. The summed E-state index contributed by atoms with van der Waals surface area (Å²) in [6.07, 6.45) is 0.778. The summed E-state index contributed by atoms with van der Waals surface area (Å²) >= 11 is 0. The summed E-state index contributed by atoms with van der Waals surface area (Å²) in [7, 11) is 0. The van der Waals surface area contributed by atoms with Crippen LogP contribution in [0.2, 0.25) is 0 Å². The van der Waals surface area contributed by atoms with Crippen LogP contribution in [0.4, 0.5) is 8.78 Å². The van der Waals surface area contributed by atoms with Gasteiger partial charge in [0, 0.05) is 18.2 Å². The molecule has 3 N–H and O–H groups in total. The van der Waals surface area contributed by atoms with Gasteiger partial charge >= 0.3 is 0 Å². The predicted octanol–water partition coefficient (Wildman–Crippen LogP) is 2.26. The fourth-order valence-corrected chi connectivity index (χ4v) is 2.58. The van der Waals surface area contributed by atoms with Crippen LogP contribution in [0.15, 0.2) is 42.5 Å². The molecule has 1 atom stereocenters. The SMILES string of the molecule is Cc1ccccc1CCNC(=O)C[NH2+][C@H](C)c1ccc(F)cc1F. The lowest BCUT2D eigenvalue weighted by Gasteiger charge is -2.12. The van der Waals surface area contributed by atoms with Gasteiger partial charge in [0.15, 0.2) is 6.54 Å². The van der Waals surface area contributed by atoms with Crippen molar-refractivity contribution in [3.8, 4) is 0 Å². The lowest BCUT2D eigenvalue weighted by atomic mass is 10.1. The first-order chi connectivity index (χ1) is 11.5. The van der Waals surface area contributed by atoms with Crippen LogP contribution in [0.1, 0.15) is 29.7 Å². The second-order valence-electron chi connectivity index (χ2n) is 5.92. The summed E-state index contributed by atoms with van der Waals surface area (Å²) in [4.78, 5) is 11.9. The van der Waals surface area contributed by atoms with Crippen molar-refractivity contribution in [2.45, 2.75) is 26.3 Å². The molecule has 0 saturated heterocycles. The van der Waals surface area contributed by atoms with Crippen molar-refractivity contribution in [3.63, 3.8) is 0 Å². The van der Waals surface area contributed by atoms with Gasteiger partial charge in [0.2, 0.25) is 0 Å². The Kier molecular flexibility index (Phi) is 6.44. The lowest BCUT2D eigenvalue weighted by molar-refractivity contribution is -0.682. The minimum atomic E-state index is -0.600. The Hall–Kier alpha value is -2.27. The average Bonchev–Trinajstić information content (AvgIpc) is 2.54. The van der Waals surface area contributed by atoms with Crippen LogP contribution in [0.3, 0.4) is 0 Å². The Morgan fingerprint density at radius 2 is 1.96 bits per heavy atom. The zero-order valence-electron chi connectivity index (χ0n) is 14.0. The van der Waals surface area contributed by atoms with Gasteiger partial charge in [-0.15, -0.1) is 0 Å². The minimum absolute atomic E-state index is 0.0991. The van der Waals surface area contributed by atoms with Gasteiger partial charge in [-0.1, -0.05) is 24.3 Å². The lowest BCUT2D eigenvalue weighted by Crippen LogP contribution is -2.87.